The molecule has 0 atom stereocenters. The number of benzene rings is 1. The Morgan fingerprint density at radius 3 is 2.74 bits per heavy atom. The van der Waals surface area contributed by atoms with Crippen LogP contribution in [0.25, 0.3) is 5.69 Å². The number of tetrazole rings is 1. The van der Waals surface area contributed by atoms with Crippen LogP contribution in [0, 0.1) is 5.92 Å². The summed E-state index contributed by atoms with van der Waals surface area (Å²) in [5.74, 6) is 1.17. The number of nitrogens with one attached hydrogen (secondary N) is 1. The summed E-state index contributed by atoms with van der Waals surface area (Å²) >= 11 is 1.36. The van der Waals surface area contributed by atoms with E-state index in [1.165, 1.54) is 24.6 Å². The third-order valence-corrected chi connectivity index (χ3v) is 5.07. The molecule has 1 aliphatic rings. The molecule has 2 aromatic rings. The van der Waals surface area contributed by atoms with E-state index < -0.39 is 0 Å². The van der Waals surface area contributed by atoms with Crippen LogP contribution in [-0.4, -0.2) is 37.9 Å². The number of para-hydroxylation sites is 1. The standard InChI is InChI=1S/C16H21N5OS/c1-12-7-9-13(10-8-12)17-15(22)11-23-16-18-19-20-21(16)14-5-3-2-4-6-14/h2-6,12-13H,7-11H2,1H3,(H,17,22). The lowest BCUT2D eigenvalue weighted by molar-refractivity contribution is -0.119. The van der Waals surface area contributed by atoms with Gasteiger partial charge >= 0.3 is 0 Å². The van der Waals surface area contributed by atoms with E-state index in [-0.39, 0.29) is 5.91 Å². The van der Waals surface area contributed by atoms with Gasteiger partial charge in [-0.1, -0.05) is 36.9 Å². The average molecular weight is 331 g/mol. The Balaban J connectivity index is 1.53. The molecule has 1 aromatic carbocycles. The number of carbonyl (C=O) groups is 1. The molecule has 1 N–H and O–H groups in total. The SMILES string of the molecule is CC1CCC(NC(=O)CSc2nnnn2-c2ccccc2)CC1. The lowest BCUT2D eigenvalue weighted by atomic mass is 9.87. The molecule has 0 unspecified atom stereocenters. The van der Waals surface area contributed by atoms with E-state index in [4.69, 9.17) is 0 Å². The lowest BCUT2D eigenvalue weighted by Gasteiger charge is -2.26. The first-order chi connectivity index (χ1) is 11.2. The minimum Gasteiger partial charge on any atom is -0.353 e. The predicted molar refractivity (Wildman–Crippen MR) is 89.4 cm³/mol. The van der Waals surface area contributed by atoms with E-state index in [2.05, 4.69) is 27.8 Å². The van der Waals surface area contributed by atoms with Gasteiger partial charge in [0.05, 0.1) is 11.4 Å². The van der Waals surface area contributed by atoms with E-state index in [1.54, 1.807) is 4.68 Å². The molecular weight excluding hydrogens is 310 g/mol. The Kier molecular flexibility index (Phi) is 5.27. The second kappa shape index (κ2) is 7.59. The molecule has 1 aliphatic carbocycles. The van der Waals surface area contributed by atoms with Crippen LogP contribution in [0.3, 0.4) is 0 Å². The summed E-state index contributed by atoms with van der Waals surface area (Å²) in [6, 6.07) is 10.0. The van der Waals surface area contributed by atoms with Crippen LogP contribution in [0.15, 0.2) is 35.5 Å². The number of hydrogen-bond donors (Lipinski definition) is 1. The third-order valence-electron chi connectivity index (χ3n) is 4.15. The van der Waals surface area contributed by atoms with Crippen molar-refractivity contribution in [2.24, 2.45) is 5.92 Å². The van der Waals surface area contributed by atoms with Gasteiger partial charge < -0.3 is 5.32 Å². The van der Waals surface area contributed by atoms with Gasteiger partial charge in [0.25, 0.3) is 0 Å². The minimum absolute atomic E-state index is 0.0529. The van der Waals surface area contributed by atoms with Crippen molar-refractivity contribution in [2.45, 2.75) is 43.8 Å². The van der Waals surface area contributed by atoms with E-state index in [0.717, 1.165) is 24.4 Å². The van der Waals surface area contributed by atoms with Gasteiger partial charge in [-0.05, 0) is 54.2 Å². The van der Waals surface area contributed by atoms with E-state index in [9.17, 15) is 4.79 Å². The summed E-state index contributed by atoms with van der Waals surface area (Å²) in [5.41, 5.74) is 0.890. The third kappa shape index (κ3) is 4.31. The smallest absolute Gasteiger partial charge is 0.230 e. The van der Waals surface area contributed by atoms with Crippen molar-refractivity contribution < 1.29 is 4.79 Å². The van der Waals surface area contributed by atoms with Gasteiger partial charge in [-0.3, -0.25) is 4.79 Å². The number of hydrogen-bond acceptors (Lipinski definition) is 5. The molecule has 1 fully saturated rings. The van der Waals surface area contributed by atoms with Crippen molar-refractivity contribution in [3.63, 3.8) is 0 Å². The first-order valence-corrected chi connectivity index (χ1v) is 8.97. The summed E-state index contributed by atoms with van der Waals surface area (Å²) in [6.07, 6.45) is 4.56. The first-order valence-electron chi connectivity index (χ1n) is 7.98. The molecule has 122 valence electrons. The summed E-state index contributed by atoms with van der Waals surface area (Å²) in [5, 5.41) is 15.5. The average Bonchev–Trinajstić information content (AvgIpc) is 3.04. The molecule has 0 saturated heterocycles. The first kappa shape index (κ1) is 16.0. The Labute approximate surface area is 140 Å². The van der Waals surface area contributed by atoms with Gasteiger partial charge in [0, 0.05) is 6.04 Å². The Hall–Kier alpha value is -1.89. The summed E-state index contributed by atoms with van der Waals surface area (Å²) in [4.78, 5) is 12.1. The lowest BCUT2D eigenvalue weighted by Crippen LogP contribution is -2.38. The van der Waals surface area contributed by atoms with E-state index in [1.807, 2.05) is 30.3 Å². The van der Waals surface area contributed by atoms with Gasteiger partial charge in [0.2, 0.25) is 11.1 Å². The van der Waals surface area contributed by atoms with Crippen LogP contribution in [0.5, 0.6) is 0 Å². The van der Waals surface area contributed by atoms with Crippen LogP contribution < -0.4 is 5.32 Å². The van der Waals surface area contributed by atoms with Crippen molar-refractivity contribution in [3.05, 3.63) is 30.3 Å². The van der Waals surface area contributed by atoms with E-state index in [0.29, 0.717) is 17.0 Å². The fourth-order valence-electron chi connectivity index (χ4n) is 2.80. The molecule has 1 aromatic heterocycles. The second-order valence-corrected chi connectivity index (χ2v) is 6.96. The maximum absolute atomic E-state index is 12.1. The van der Waals surface area contributed by atoms with Crippen molar-refractivity contribution in [1.82, 2.24) is 25.5 Å². The van der Waals surface area contributed by atoms with Crippen LogP contribution in [0.2, 0.25) is 0 Å². The molecule has 0 aliphatic heterocycles. The molecule has 0 radical (unpaired) electrons. The number of aromatic nitrogens is 4. The zero-order valence-corrected chi connectivity index (χ0v) is 14.0. The van der Waals surface area contributed by atoms with E-state index >= 15 is 0 Å². The quantitative estimate of drug-likeness (QED) is 0.852. The van der Waals surface area contributed by atoms with Gasteiger partial charge in [0.15, 0.2) is 0 Å². The van der Waals surface area contributed by atoms with Crippen LogP contribution in [-0.2, 0) is 4.79 Å². The topological polar surface area (TPSA) is 72.7 Å². The maximum atomic E-state index is 12.1. The van der Waals surface area contributed by atoms with Crippen molar-refractivity contribution in [3.8, 4) is 5.69 Å². The molecule has 1 saturated carbocycles. The molecule has 23 heavy (non-hydrogen) atoms. The monoisotopic (exact) mass is 331 g/mol. The van der Waals surface area contributed by atoms with Crippen LogP contribution >= 0.6 is 11.8 Å². The maximum Gasteiger partial charge on any atom is 0.230 e. The Bertz CT molecular complexity index is 637. The van der Waals surface area contributed by atoms with Gasteiger partial charge in [-0.15, -0.1) is 5.10 Å². The highest BCUT2D eigenvalue weighted by Crippen LogP contribution is 2.24. The molecular formula is C16H21N5OS. The molecule has 0 bridgehead atoms. The highest BCUT2D eigenvalue weighted by atomic mass is 32.2. The van der Waals surface area contributed by atoms with Crippen LogP contribution in [0.1, 0.15) is 32.6 Å². The second-order valence-electron chi connectivity index (χ2n) is 6.02. The largest absolute Gasteiger partial charge is 0.353 e. The Morgan fingerprint density at radius 1 is 1.26 bits per heavy atom. The summed E-state index contributed by atoms with van der Waals surface area (Å²) in [7, 11) is 0. The number of nitrogens with zero attached hydrogens (tertiary/aromatic N) is 4. The van der Waals surface area contributed by atoms with Crippen molar-refractivity contribution in [2.75, 3.05) is 5.75 Å². The summed E-state index contributed by atoms with van der Waals surface area (Å²) in [6.45, 7) is 2.28. The normalized spacial score (nSPS) is 21.1. The number of carbonyl (C=O) groups excluding carboxylic acids is 1. The zero-order valence-electron chi connectivity index (χ0n) is 13.2. The zero-order chi connectivity index (χ0) is 16.1. The van der Waals surface area contributed by atoms with Crippen LogP contribution in [0.4, 0.5) is 0 Å². The fraction of sp³-hybridized carbons (Fsp3) is 0.500. The fourth-order valence-corrected chi connectivity index (χ4v) is 3.51. The number of amides is 1. The summed E-state index contributed by atoms with van der Waals surface area (Å²) < 4.78 is 1.65. The molecule has 3 rings (SSSR count). The molecule has 1 amide bonds. The molecule has 6 nitrogen and oxygen atoms in total. The minimum atomic E-state index is 0.0529. The van der Waals surface area contributed by atoms with Gasteiger partial charge in [-0.25, -0.2) is 0 Å². The molecule has 7 heteroatoms. The van der Waals surface area contributed by atoms with Crippen molar-refractivity contribution >= 4 is 17.7 Å². The number of thioether (sulfide) groups is 1. The number of rotatable bonds is 5. The Morgan fingerprint density at radius 2 is 2.00 bits per heavy atom. The predicted octanol–water partition coefficient (Wildman–Crippen LogP) is 2.45. The van der Waals surface area contributed by atoms with Crippen molar-refractivity contribution in [1.29, 1.82) is 0 Å². The molecule has 0 spiro atoms. The molecule has 1 heterocycles. The highest BCUT2D eigenvalue weighted by Gasteiger charge is 2.20. The highest BCUT2D eigenvalue weighted by molar-refractivity contribution is 7.99. The van der Waals surface area contributed by atoms with Gasteiger partial charge in [0.1, 0.15) is 0 Å². The van der Waals surface area contributed by atoms with Gasteiger partial charge in [-0.2, -0.15) is 4.68 Å².